The number of hydrogen-bond donors (Lipinski definition) is 2. The van der Waals surface area contributed by atoms with Crippen LogP contribution >= 0.6 is 0 Å². The van der Waals surface area contributed by atoms with Gasteiger partial charge in [-0.2, -0.15) is 0 Å². The van der Waals surface area contributed by atoms with Crippen LogP contribution in [0.5, 0.6) is 0 Å². The van der Waals surface area contributed by atoms with Crippen LogP contribution in [0.15, 0.2) is 0 Å². The third-order valence-electron chi connectivity index (χ3n) is 1.47. The Labute approximate surface area is 59.7 Å². The number of hydrogen-bond acceptors (Lipinski definition) is 3. The zero-order valence-electron chi connectivity index (χ0n) is 5.80. The van der Waals surface area contributed by atoms with Crippen molar-refractivity contribution in [2.75, 3.05) is 19.7 Å². The highest BCUT2D eigenvalue weighted by Gasteiger charge is 2.13. The summed E-state index contributed by atoms with van der Waals surface area (Å²) in [5.74, 6) is 0.0518. The quantitative estimate of drug-likeness (QED) is 0.488. The molecule has 10 heavy (non-hydrogen) atoms. The molecule has 0 aromatic heterocycles. The van der Waals surface area contributed by atoms with Gasteiger partial charge >= 0.3 is 0 Å². The van der Waals surface area contributed by atoms with E-state index in [-0.39, 0.29) is 12.0 Å². The number of rotatable bonds is 1. The molecule has 1 heterocycles. The number of carbonyl (C=O) groups excluding carboxylic acids is 1. The average Bonchev–Trinajstić information content (AvgIpc) is 2.14. The summed E-state index contributed by atoms with van der Waals surface area (Å²) in [6, 6.07) is 0. The lowest BCUT2D eigenvalue weighted by Crippen LogP contribution is -2.34. The van der Waals surface area contributed by atoms with E-state index in [1.165, 1.54) is 0 Å². The molecule has 0 aromatic carbocycles. The van der Waals surface area contributed by atoms with Gasteiger partial charge in [-0.15, -0.1) is 0 Å². The van der Waals surface area contributed by atoms with Crippen molar-refractivity contribution >= 4 is 5.91 Å². The number of nitrogens with two attached hydrogens (primary N) is 1. The van der Waals surface area contributed by atoms with E-state index < -0.39 is 0 Å². The molecule has 0 unspecified atom stereocenters. The maximum absolute atomic E-state index is 10.7. The van der Waals surface area contributed by atoms with Gasteiger partial charge in [0.2, 0.25) is 5.91 Å². The van der Waals surface area contributed by atoms with Gasteiger partial charge in [0.15, 0.2) is 0 Å². The second kappa shape index (κ2) is 3.53. The van der Waals surface area contributed by atoms with E-state index in [4.69, 9.17) is 10.5 Å². The highest BCUT2D eigenvalue weighted by atomic mass is 16.5. The predicted octanol–water partition coefficient (Wildman–Crippen LogP) is -1.15. The van der Waals surface area contributed by atoms with Gasteiger partial charge in [0.25, 0.3) is 0 Å². The fourth-order valence-corrected chi connectivity index (χ4v) is 0.845. The molecule has 3 N–H and O–H groups in total. The molecule has 0 aliphatic carbocycles. The molecule has 4 heteroatoms. The molecule has 4 nitrogen and oxygen atoms in total. The van der Waals surface area contributed by atoms with Crippen molar-refractivity contribution < 1.29 is 9.53 Å². The number of carbonyl (C=O) groups is 1. The van der Waals surface area contributed by atoms with Crippen LogP contribution in [0.3, 0.4) is 0 Å². The van der Waals surface area contributed by atoms with E-state index in [1.54, 1.807) is 0 Å². The van der Waals surface area contributed by atoms with E-state index >= 15 is 0 Å². The van der Waals surface area contributed by atoms with Gasteiger partial charge in [-0.1, -0.05) is 0 Å². The van der Waals surface area contributed by atoms with Crippen LogP contribution < -0.4 is 11.1 Å². The zero-order valence-corrected chi connectivity index (χ0v) is 5.80. The van der Waals surface area contributed by atoms with Gasteiger partial charge in [-0.05, 0) is 0 Å². The molecule has 1 aliphatic heterocycles. The molecule has 1 saturated heterocycles. The maximum atomic E-state index is 10.7. The van der Waals surface area contributed by atoms with Crippen molar-refractivity contribution in [1.29, 1.82) is 0 Å². The highest BCUT2D eigenvalue weighted by molar-refractivity contribution is 5.76. The summed E-state index contributed by atoms with van der Waals surface area (Å²) in [7, 11) is 0. The summed E-state index contributed by atoms with van der Waals surface area (Å²) in [5, 5.41) is 2.70. The summed E-state index contributed by atoms with van der Waals surface area (Å²) in [4.78, 5) is 10.7. The van der Waals surface area contributed by atoms with Crippen LogP contribution in [-0.2, 0) is 9.53 Å². The molecular formula is C6H12N2O2. The predicted molar refractivity (Wildman–Crippen MR) is 36.4 cm³/mol. The first kappa shape index (κ1) is 7.50. The topological polar surface area (TPSA) is 64.3 Å². The normalized spacial score (nSPS) is 27.3. The van der Waals surface area contributed by atoms with Crippen molar-refractivity contribution in [3.05, 3.63) is 0 Å². The van der Waals surface area contributed by atoms with Crippen molar-refractivity contribution in [2.24, 2.45) is 5.73 Å². The molecule has 0 saturated carbocycles. The summed E-state index contributed by atoms with van der Waals surface area (Å²) < 4.78 is 5.21. The summed E-state index contributed by atoms with van der Waals surface area (Å²) >= 11 is 0. The SMILES string of the molecule is NC[C@@H]1CNC(=O)CCO1. The van der Waals surface area contributed by atoms with Crippen molar-refractivity contribution in [2.45, 2.75) is 12.5 Å². The van der Waals surface area contributed by atoms with Crippen LogP contribution in [0, 0.1) is 0 Å². The van der Waals surface area contributed by atoms with Crippen molar-refractivity contribution in [1.82, 2.24) is 5.32 Å². The molecule has 0 radical (unpaired) electrons. The molecule has 1 amide bonds. The second-order valence-corrected chi connectivity index (χ2v) is 2.28. The Hall–Kier alpha value is -0.610. The Morgan fingerprint density at radius 2 is 2.60 bits per heavy atom. The minimum absolute atomic E-state index is 0.00597. The van der Waals surface area contributed by atoms with E-state index in [1.807, 2.05) is 0 Å². The second-order valence-electron chi connectivity index (χ2n) is 2.28. The Morgan fingerprint density at radius 3 is 3.30 bits per heavy atom. The monoisotopic (exact) mass is 144 g/mol. The number of ether oxygens (including phenoxy) is 1. The fourth-order valence-electron chi connectivity index (χ4n) is 0.845. The molecule has 0 aromatic rings. The molecule has 0 spiro atoms. The standard InChI is InChI=1S/C6H12N2O2/c7-3-5-4-8-6(9)1-2-10-5/h5H,1-4,7H2,(H,8,9)/t5-/m1/s1. The van der Waals surface area contributed by atoms with Crippen LogP contribution in [-0.4, -0.2) is 31.7 Å². The Bertz CT molecular complexity index is 127. The molecule has 1 fully saturated rings. The first-order valence-electron chi connectivity index (χ1n) is 3.41. The summed E-state index contributed by atoms with van der Waals surface area (Å²) in [6.07, 6.45) is 0.461. The molecular weight excluding hydrogens is 132 g/mol. The number of nitrogens with one attached hydrogen (secondary N) is 1. The first-order valence-corrected chi connectivity index (χ1v) is 3.41. The maximum Gasteiger partial charge on any atom is 0.222 e. The van der Waals surface area contributed by atoms with E-state index in [0.717, 1.165) is 0 Å². The molecule has 1 aliphatic rings. The van der Waals surface area contributed by atoms with Crippen LogP contribution in [0.2, 0.25) is 0 Å². The van der Waals surface area contributed by atoms with Gasteiger partial charge in [-0.3, -0.25) is 4.79 Å². The van der Waals surface area contributed by atoms with Crippen LogP contribution in [0.25, 0.3) is 0 Å². The third-order valence-corrected chi connectivity index (χ3v) is 1.47. The van der Waals surface area contributed by atoms with Crippen LogP contribution in [0.4, 0.5) is 0 Å². The van der Waals surface area contributed by atoms with Gasteiger partial charge < -0.3 is 15.8 Å². The Balaban J connectivity index is 2.33. The Kier molecular flexibility index (Phi) is 2.65. The van der Waals surface area contributed by atoms with Gasteiger partial charge in [0, 0.05) is 19.5 Å². The largest absolute Gasteiger partial charge is 0.375 e. The molecule has 1 atom stereocenters. The first-order chi connectivity index (χ1) is 4.83. The smallest absolute Gasteiger partial charge is 0.222 e. The lowest BCUT2D eigenvalue weighted by molar-refractivity contribution is -0.120. The van der Waals surface area contributed by atoms with Crippen molar-refractivity contribution in [3.63, 3.8) is 0 Å². The third kappa shape index (κ3) is 1.97. The van der Waals surface area contributed by atoms with Crippen molar-refractivity contribution in [3.8, 4) is 0 Å². The Morgan fingerprint density at radius 1 is 1.80 bits per heavy atom. The van der Waals surface area contributed by atoms with Gasteiger partial charge in [0.1, 0.15) is 0 Å². The molecule has 1 rings (SSSR count). The van der Waals surface area contributed by atoms with Crippen LogP contribution in [0.1, 0.15) is 6.42 Å². The fraction of sp³-hybridized carbons (Fsp3) is 0.833. The van der Waals surface area contributed by atoms with E-state index in [0.29, 0.717) is 26.1 Å². The number of amides is 1. The summed E-state index contributed by atoms with van der Waals surface area (Å²) in [5.41, 5.74) is 5.34. The van der Waals surface area contributed by atoms with Gasteiger partial charge in [0.05, 0.1) is 12.7 Å². The van der Waals surface area contributed by atoms with E-state index in [9.17, 15) is 4.79 Å². The van der Waals surface area contributed by atoms with E-state index in [2.05, 4.69) is 5.32 Å². The average molecular weight is 144 g/mol. The minimum Gasteiger partial charge on any atom is -0.375 e. The zero-order chi connectivity index (χ0) is 7.40. The molecule has 58 valence electrons. The lowest BCUT2D eigenvalue weighted by Gasteiger charge is -2.10. The highest BCUT2D eigenvalue weighted by Crippen LogP contribution is 1.95. The minimum atomic E-state index is 0.00597. The van der Waals surface area contributed by atoms with Gasteiger partial charge in [-0.25, -0.2) is 0 Å². The summed E-state index contributed by atoms with van der Waals surface area (Å²) in [6.45, 7) is 1.52. The molecule has 0 bridgehead atoms. The lowest BCUT2D eigenvalue weighted by atomic mass is 10.3.